The van der Waals surface area contributed by atoms with E-state index < -0.39 is 0 Å². The van der Waals surface area contributed by atoms with E-state index in [9.17, 15) is 14.4 Å². The standard InChI is InChI=1S/C13H12ClNO3S/c1-13(2)9-10(13)12(18)15(11(9)17)5-6(16)7-3-4-8(14)19-7/h3-4,9-10H,5H2,1-2H3. The van der Waals surface area contributed by atoms with Crippen LogP contribution in [-0.2, 0) is 9.59 Å². The molecular formula is C13H12ClNO3S. The largest absolute Gasteiger partial charge is 0.291 e. The van der Waals surface area contributed by atoms with Gasteiger partial charge in [0, 0.05) is 0 Å². The number of hydrogen-bond acceptors (Lipinski definition) is 4. The maximum atomic E-state index is 12.1. The maximum Gasteiger partial charge on any atom is 0.234 e. The van der Waals surface area contributed by atoms with E-state index in [1.807, 2.05) is 13.8 Å². The quantitative estimate of drug-likeness (QED) is 0.635. The van der Waals surface area contributed by atoms with E-state index in [2.05, 4.69) is 0 Å². The van der Waals surface area contributed by atoms with Crippen molar-refractivity contribution in [3.05, 3.63) is 21.3 Å². The van der Waals surface area contributed by atoms with E-state index in [-0.39, 0.29) is 41.4 Å². The van der Waals surface area contributed by atoms with Gasteiger partial charge in [0.2, 0.25) is 11.8 Å². The maximum absolute atomic E-state index is 12.1. The fourth-order valence-electron chi connectivity index (χ4n) is 2.85. The third-order valence-electron chi connectivity index (χ3n) is 4.04. The second-order valence-electron chi connectivity index (χ2n) is 5.57. The Bertz CT molecular complexity index is 583. The molecule has 0 spiro atoms. The normalized spacial score (nSPS) is 27.6. The predicted octanol–water partition coefficient (Wildman–Crippen LogP) is 2.23. The number of thiophene rings is 1. The fourth-order valence-corrected chi connectivity index (χ4v) is 3.82. The third kappa shape index (κ3) is 1.75. The topological polar surface area (TPSA) is 54.5 Å². The van der Waals surface area contributed by atoms with Gasteiger partial charge in [-0.3, -0.25) is 19.3 Å². The van der Waals surface area contributed by atoms with Gasteiger partial charge in [0.15, 0.2) is 5.78 Å². The Morgan fingerprint density at radius 2 is 1.89 bits per heavy atom. The first-order valence-corrected chi connectivity index (χ1v) is 7.17. The van der Waals surface area contributed by atoms with Gasteiger partial charge in [0.05, 0.1) is 27.6 Å². The Hall–Kier alpha value is -1.20. The van der Waals surface area contributed by atoms with E-state index in [1.54, 1.807) is 12.1 Å². The highest BCUT2D eigenvalue weighted by atomic mass is 35.5. The molecule has 2 atom stereocenters. The monoisotopic (exact) mass is 297 g/mol. The van der Waals surface area contributed by atoms with Crippen LogP contribution in [0.1, 0.15) is 23.5 Å². The minimum absolute atomic E-state index is 0.169. The Morgan fingerprint density at radius 3 is 2.37 bits per heavy atom. The molecule has 2 heterocycles. The Balaban J connectivity index is 1.74. The van der Waals surface area contributed by atoms with Crippen molar-refractivity contribution in [2.75, 3.05) is 6.54 Å². The SMILES string of the molecule is CC1(C)C2C(=O)N(CC(=O)c3ccc(Cl)s3)C(=O)C21. The van der Waals surface area contributed by atoms with Gasteiger partial charge < -0.3 is 0 Å². The van der Waals surface area contributed by atoms with Crippen molar-refractivity contribution in [3.8, 4) is 0 Å². The first-order chi connectivity index (χ1) is 8.84. The summed E-state index contributed by atoms with van der Waals surface area (Å²) in [4.78, 5) is 37.7. The van der Waals surface area contributed by atoms with Crippen LogP contribution in [0.4, 0.5) is 0 Å². The number of carbonyl (C=O) groups is 3. The Kier molecular flexibility index (Phi) is 2.63. The molecule has 2 aliphatic rings. The summed E-state index contributed by atoms with van der Waals surface area (Å²) in [5.74, 6) is -1.14. The van der Waals surface area contributed by atoms with Crippen molar-refractivity contribution in [3.63, 3.8) is 0 Å². The lowest BCUT2D eigenvalue weighted by molar-refractivity contribution is -0.142. The van der Waals surface area contributed by atoms with Gasteiger partial charge >= 0.3 is 0 Å². The lowest BCUT2D eigenvalue weighted by atomic mass is 10.1. The van der Waals surface area contributed by atoms with Gasteiger partial charge in [-0.15, -0.1) is 11.3 Å². The lowest BCUT2D eigenvalue weighted by Crippen LogP contribution is -2.39. The summed E-state index contributed by atoms with van der Waals surface area (Å²) in [6, 6.07) is 3.25. The van der Waals surface area contributed by atoms with Gasteiger partial charge in [0.25, 0.3) is 0 Å². The molecule has 1 aromatic rings. The zero-order chi connectivity index (χ0) is 13.9. The van der Waals surface area contributed by atoms with Gasteiger partial charge in [-0.1, -0.05) is 25.4 Å². The molecule has 1 saturated heterocycles. The number of amides is 2. The third-order valence-corrected chi connectivity index (χ3v) is 5.31. The van der Waals surface area contributed by atoms with E-state index >= 15 is 0 Å². The minimum atomic E-state index is -0.238. The molecule has 1 aliphatic heterocycles. The molecule has 4 nitrogen and oxygen atoms in total. The number of rotatable bonds is 3. The Labute approximate surface area is 119 Å². The van der Waals surface area contributed by atoms with Crippen molar-refractivity contribution in [2.45, 2.75) is 13.8 Å². The number of carbonyl (C=O) groups excluding carboxylic acids is 3. The smallest absolute Gasteiger partial charge is 0.234 e. The second kappa shape index (κ2) is 3.90. The molecule has 0 aromatic carbocycles. The summed E-state index contributed by atoms with van der Waals surface area (Å²) in [6.07, 6.45) is 0. The van der Waals surface area contributed by atoms with Crippen molar-refractivity contribution in [2.24, 2.45) is 17.3 Å². The number of Topliss-reactive ketones (excluding diaryl/α,β-unsaturated/α-hetero) is 1. The number of fused-ring (bicyclic) bond motifs is 1. The number of likely N-dealkylation sites (tertiary alicyclic amines) is 1. The molecule has 2 fully saturated rings. The highest BCUT2D eigenvalue weighted by molar-refractivity contribution is 7.18. The molecule has 1 saturated carbocycles. The Morgan fingerprint density at radius 1 is 1.32 bits per heavy atom. The predicted molar refractivity (Wildman–Crippen MR) is 71.1 cm³/mol. The molecule has 100 valence electrons. The van der Waals surface area contributed by atoms with Crippen LogP contribution >= 0.6 is 22.9 Å². The zero-order valence-corrected chi connectivity index (χ0v) is 12.0. The minimum Gasteiger partial charge on any atom is -0.291 e. The molecule has 0 bridgehead atoms. The lowest BCUT2D eigenvalue weighted by Gasteiger charge is -2.19. The number of nitrogens with zero attached hydrogens (tertiary/aromatic N) is 1. The molecule has 2 unspecified atom stereocenters. The summed E-state index contributed by atoms with van der Waals surface area (Å²) < 4.78 is 0.520. The zero-order valence-electron chi connectivity index (χ0n) is 10.5. The van der Waals surface area contributed by atoms with E-state index in [0.717, 1.165) is 16.2 Å². The van der Waals surface area contributed by atoms with Crippen LogP contribution in [0.5, 0.6) is 0 Å². The van der Waals surface area contributed by atoms with Crippen LogP contribution in [0.15, 0.2) is 12.1 Å². The molecule has 0 radical (unpaired) electrons. The van der Waals surface area contributed by atoms with Gasteiger partial charge in [-0.2, -0.15) is 0 Å². The van der Waals surface area contributed by atoms with E-state index in [4.69, 9.17) is 11.6 Å². The van der Waals surface area contributed by atoms with Crippen LogP contribution in [-0.4, -0.2) is 29.0 Å². The summed E-state index contributed by atoms with van der Waals surface area (Å²) in [5.41, 5.74) is -0.236. The van der Waals surface area contributed by atoms with E-state index in [0.29, 0.717) is 9.21 Å². The number of ketones is 1. The van der Waals surface area contributed by atoms with Crippen LogP contribution in [0, 0.1) is 17.3 Å². The molecule has 1 aromatic heterocycles. The highest BCUT2D eigenvalue weighted by Gasteiger charge is 2.72. The van der Waals surface area contributed by atoms with Crippen LogP contribution in [0.2, 0.25) is 4.34 Å². The first kappa shape index (κ1) is 12.8. The van der Waals surface area contributed by atoms with Crippen molar-refractivity contribution in [1.29, 1.82) is 0 Å². The number of halogens is 1. The van der Waals surface area contributed by atoms with Gasteiger partial charge in [-0.25, -0.2) is 0 Å². The summed E-state index contributed by atoms with van der Waals surface area (Å²) >= 11 is 6.92. The summed E-state index contributed by atoms with van der Waals surface area (Å²) in [5, 5.41) is 0. The van der Waals surface area contributed by atoms with Crippen molar-refractivity contribution < 1.29 is 14.4 Å². The van der Waals surface area contributed by atoms with Crippen molar-refractivity contribution >= 4 is 40.5 Å². The number of hydrogen-bond donors (Lipinski definition) is 0. The fraction of sp³-hybridized carbons (Fsp3) is 0.462. The van der Waals surface area contributed by atoms with Crippen molar-refractivity contribution in [1.82, 2.24) is 4.90 Å². The van der Waals surface area contributed by atoms with Gasteiger partial charge in [0.1, 0.15) is 0 Å². The average Bonchev–Trinajstić information content (AvgIpc) is 2.62. The summed E-state index contributed by atoms with van der Waals surface area (Å²) in [6.45, 7) is 3.66. The summed E-state index contributed by atoms with van der Waals surface area (Å²) in [7, 11) is 0. The molecule has 0 N–H and O–H groups in total. The molecule has 2 amide bonds. The molecule has 6 heteroatoms. The molecule has 3 rings (SSSR count). The first-order valence-electron chi connectivity index (χ1n) is 5.98. The second-order valence-corrected chi connectivity index (χ2v) is 7.28. The van der Waals surface area contributed by atoms with Gasteiger partial charge in [-0.05, 0) is 17.5 Å². The number of imide groups is 1. The van der Waals surface area contributed by atoms with Crippen LogP contribution < -0.4 is 0 Å². The van der Waals surface area contributed by atoms with Crippen LogP contribution in [0.3, 0.4) is 0 Å². The average molecular weight is 298 g/mol. The van der Waals surface area contributed by atoms with E-state index in [1.165, 1.54) is 0 Å². The molecule has 1 aliphatic carbocycles. The molecular weight excluding hydrogens is 286 g/mol. The van der Waals surface area contributed by atoms with Crippen LogP contribution in [0.25, 0.3) is 0 Å². The highest BCUT2D eigenvalue weighted by Crippen LogP contribution is 2.63. The number of piperidine rings is 1. The molecule has 19 heavy (non-hydrogen) atoms.